The summed E-state index contributed by atoms with van der Waals surface area (Å²) in [6.45, 7) is 1.40. The molecule has 96 valence electrons. The van der Waals surface area contributed by atoms with Crippen LogP contribution in [0, 0.1) is 5.82 Å². The molecule has 0 amide bonds. The fourth-order valence-corrected chi connectivity index (χ4v) is 2.19. The molecule has 0 aliphatic rings. The van der Waals surface area contributed by atoms with Crippen LogP contribution in [0.2, 0.25) is 5.02 Å². The first-order valence-corrected chi connectivity index (χ1v) is 7.36. The predicted molar refractivity (Wildman–Crippen MR) is 65.4 cm³/mol. The molecule has 0 aromatic heterocycles. The van der Waals surface area contributed by atoms with Crippen molar-refractivity contribution < 1.29 is 17.9 Å². The Morgan fingerprint density at radius 1 is 1.47 bits per heavy atom. The summed E-state index contributed by atoms with van der Waals surface area (Å²) < 4.78 is 35.9. The van der Waals surface area contributed by atoms with Gasteiger partial charge in [0.2, 0.25) is 0 Å². The van der Waals surface area contributed by atoms with Gasteiger partial charge in [-0.3, -0.25) is 0 Å². The highest BCUT2D eigenvalue weighted by Crippen LogP contribution is 2.18. The van der Waals surface area contributed by atoms with Crippen molar-refractivity contribution in [3.8, 4) is 0 Å². The van der Waals surface area contributed by atoms with E-state index in [0.717, 1.165) is 12.3 Å². The third kappa shape index (κ3) is 3.94. The Hall–Kier alpha value is -0.650. The van der Waals surface area contributed by atoms with Gasteiger partial charge in [-0.05, 0) is 24.6 Å². The maximum absolute atomic E-state index is 13.4. The molecule has 2 unspecified atom stereocenters. The maximum atomic E-state index is 13.4. The largest absolute Gasteiger partial charge is 0.391 e. The molecule has 1 aromatic carbocycles. The summed E-state index contributed by atoms with van der Waals surface area (Å²) in [5.74, 6) is -0.544. The van der Waals surface area contributed by atoms with Gasteiger partial charge < -0.3 is 5.11 Å². The van der Waals surface area contributed by atoms with Gasteiger partial charge in [0.1, 0.15) is 5.82 Å². The third-order valence-corrected chi connectivity index (χ3v) is 4.56. The number of benzene rings is 1. The van der Waals surface area contributed by atoms with Crippen LogP contribution in [0.3, 0.4) is 0 Å². The number of sulfone groups is 1. The van der Waals surface area contributed by atoms with Crippen molar-refractivity contribution in [2.24, 2.45) is 0 Å². The molecule has 0 fully saturated rings. The van der Waals surface area contributed by atoms with Crippen LogP contribution in [0.4, 0.5) is 4.39 Å². The molecule has 2 atom stereocenters. The first-order chi connectivity index (χ1) is 7.71. The zero-order valence-corrected chi connectivity index (χ0v) is 11.1. The van der Waals surface area contributed by atoms with E-state index in [1.54, 1.807) is 0 Å². The van der Waals surface area contributed by atoms with Crippen LogP contribution in [-0.2, 0) is 16.3 Å². The van der Waals surface area contributed by atoms with E-state index >= 15 is 0 Å². The van der Waals surface area contributed by atoms with E-state index in [2.05, 4.69) is 0 Å². The van der Waals surface area contributed by atoms with Crippen molar-refractivity contribution in [1.29, 1.82) is 0 Å². The molecule has 0 bridgehead atoms. The lowest BCUT2D eigenvalue weighted by molar-refractivity contribution is 0.172. The lowest BCUT2D eigenvalue weighted by atomic mass is 10.1. The zero-order valence-electron chi connectivity index (χ0n) is 9.52. The quantitative estimate of drug-likeness (QED) is 0.915. The van der Waals surface area contributed by atoms with E-state index in [9.17, 15) is 17.9 Å². The van der Waals surface area contributed by atoms with E-state index < -0.39 is 27.0 Å². The summed E-state index contributed by atoms with van der Waals surface area (Å²) in [6, 6.07) is 4.07. The van der Waals surface area contributed by atoms with Gasteiger partial charge >= 0.3 is 0 Å². The van der Waals surface area contributed by atoms with Gasteiger partial charge in [-0.2, -0.15) is 0 Å². The highest BCUT2D eigenvalue weighted by molar-refractivity contribution is 7.91. The standard InChI is InChI=1S/C11H14ClFO3S/c1-7(17(2,15)16)11(14)5-8-3-4-9(12)6-10(8)13/h3-4,6-7,11,14H,5H2,1-2H3. The van der Waals surface area contributed by atoms with Gasteiger partial charge in [-0.15, -0.1) is 0 Å². The van der Waals surface area contributed by atoms with Crippen molar-refractivity contribution >= 4 is 21.4 Å². The minimum atomic E-state index is -3.34. The highest BCUT2D eigenvalue weighted by atomic mass is 35.5. The fraction of sp³-hybridized carbons (Fsp3) is 0.455. The van der Waals surface area contributed by atoms with Crippen molar-refractivity contribution in [2.75, 3.05) is 6.26 Å². The minimum absolute atomic E-state index is 0.0583. The Morgan fingerprint density at radius 3 is 2.53 bits per heavy atom. The molecular weight excluding hydrogens is 267 g/mol. The van der Waals surface area contributed by atoms with E-state index in [0.29, 0.717) is 0 Å². The summed E-state index contributed by atoms with van der Waals surface area (Å²) in [4.78, 5) is 0. The van der Waals surface area contributed by atoms with Crippen molar-refractivity contribution in [3.05, 3.63) is 34.6 Å². The van der Waals surface area contributed by atoms with Gasteiger partial charge in [-0.1, -0.05) is 17.7 Å². The van der Waals surface area contributed by atoms with Gasteiger partial charge in [-0.25, -0.2) is 12.8 Å². The monoisotopic (exact) mass is 280 g/mol. The highest BCUT2D eigenvalue weighted by Gasteiger charge is 2.24. The van der Waals surface area contributed by atoms with Gasteiger partial charge in [0.25, 0.3) is 0 Å². The Labute approximate surface area is 105 Å². The summed E-state index contributed by atoms with van der Waals surface area (Å²) in [7, 11) is -3.34. The molecule has 1 rings (SSSR count). The number of aliphatic hydroxyl groups excluding tert-OH is 1. The normalized spacial score (nSPS) is 15.6. The lowest BCUT2D eigenvalue weighted by Gasteiger charge is -2.17. The Kier molecular flexibility index (Phi) is 4.52. The molecule has 0 saturated heterocycles. The summed E-state index contributed by atoms with van der Waals surface area (Å²) in [5, 5.41) is 9.05. The fourth-order valence-electron chi connectivity index (χ4n) is 1.36. The van der Waals surface area contributed by atoms with Crippen LogP contribution >= 0.6 is 11.6 Å². The van der Waals surface area contributed by atoms with Crippen molar-refractivity contribution in [3.63, 3.8) is 0 Å². The van der Waals surface area contributed by atoms with Crippen molar-refractivity contribution in [1.82, 2.24) is 0 Å². The third-order valence-electron chi connectivity index (χ3n) is 2.66. The van der Waals surface area contributed by atoms with Crippen LogP contribution in [0.15, 0.2) is 18.2 Å². The Bertz CT molecular complexity index is 501. The Morgan fingerprint density at radius 2 is 2.06 bits per heavy atom. The lowest BCUT2D eigenvalue weighted by Crippen LogP contribution is -2.32. The molecule has 0 heterocycles. The molecule has 3 nitrogen and oxygen atoms in total. The van der Waals surface area contributed by atoms with Crippen molar-refractivity contribution in [2.45, 2.75) is 24.7 Å². The van der Waals surface area contributed by atoms with Crippen LogP contribution in [-0.4, -0.2) is 31.1 Å². The second-order valence-corrected chi connectivity index (χ2v) is 6.88. The van der Waals surface area contributed by atoms with Gasteiger partial charge in [0, 0.05) is 17.7 Å². The molecule has 0 aliphatic carbocycles. The van der Waals surface area contributed by atoms with Gasteiger partial charge in [0.15, 0.2) is 9.84 Å². The van der Waals surface area contributed by atoms with Crippen LogP contribution in [0.1, 0.15) is 12.5 Å². The van der Waals surface area contributed by atoms with E-state index in [1.807, 2.05) is 0 Å². The number of hydrogen-bond acceptors (Lipinski definition) is 3. The zero-order chi connectivity index (χ0) is 13.2. The van der Waals surface area contributed by atoms with E-state index in [1.165, 1.54) is 19.1 Å². The first-order valence-electron chi connectivity index (χ1n) is 5.02. The Balaban J connectivity index is 2.85. The maximum Gasteiger partial charge on any atom is 0.152 e. The average Bonchev–Trinajstić information content (AvgIpc) is 2.19. The molecule has 0 aliphatic heterocycles. The summed E-state index contributed by atoms with van der Waals surface area (Å²) in [6.07, 6.45) is -0.156. The van der Waals surface area contributed by atoms with Crippen LogP contribution < -0.4 is 0 Å². The molecule has 0 saturated carbocycles. The second-order valence-electron chi connectivity index (χ2n) is 4.04. The molecular formula is C11H14ClFO3S. The summed E-state index contributed by atoms with van der Waals surface area (Å²) >= 11 is 5.59. The molecule has 0 spiro atoms. The summed E-state index contributed by atoms with van der Waals surface area (Å²) in [5.41, 5.74) is 0.248. The van der Waals surface area contributed by atoms with E-state index in [-0.39, 0.29) is 17.0 Å². The molecule has 6 heteroatoms. The number of aliphatic hydroxyl groups is 1. The minimum Gasteiger partial charge on any atom is -0.391 e. The first kappa shape index (κ1) is 14.4. The molecule has 1 aromatic rings. The molecule has 0 radical (unpaired) electrons. The number of hydrogen-bond donors (Lipinski definition) is 1. The van der Waals surface area contributed by atoms with Crippen LogP contribution in [0.25, 0.3) is 0 Å². The smallest absolute Gasteiger partial charge is 0.152 e. The van der Waals surface area contributed by atoms with Gasteiger partial charge in [0.05, 0.1) is 11.4 Å². The SMILES string of the molecule is CC(C(O)Cc1ccc(Cl)cc1F)S(C)(=O)=O. The topological polar surface area (TPSA) is 54.4 Å². The van der Waals surface area contributed by atoms with Crippen LogP contribution in [0.5, 0.6) is 0 Å². The second kappa shape index (κ2) is 5.33. The number of halogens is 2. The number of rotatable bonds is 4. The average molecular weight is 281 g/mol. The van der Waals surface area contributed by atoms with E-state index in [4.69, 9.17) is 11.6 Å². The predicted octanol–water partition coefficient (Wildman–Crippen LogP) is 1.82. The molecule has 17 heavy (non-hydrogen) atoms. The molecule has 1 N–H and O–H groups in total.